The van der Waals surface area contributed by atoms with E-state index in [9.17, 15) is 0 Å². The van der Waals surface area contributed by atoms with Crippen molar-refractivity contribution in [3.63, 3.8) is 0 Å². The molecule has 1 spiro atoms. The monoisotopic (exact) mass is 281 g/mol. The van der Waals surface area contributed by atoms with E-state index in [0.717, 1.165) is 0 Å². The summed E-state index contributed by atoms with van der Waals surface area (Å²) in [7, 11) is 0. The number of hydrogen-bond donors (Lipinski definition) is 1. The third-order valence-corrected chi connectivity index (χ3v) is 5.26. The normalized spacial score (nSPS) is 27.0. The number of nitrogens with one attached hydrogen (secondary N) is 1. The first-order chi connectivity index (χ1) is 9.78. The fraction of sp³-hybridized carbons (Fsp3) is 1.00. The van der Waals surface area contributed by atoms with Gasteiger partial charge in [0.05, 0.1) is 11.7 Å². The van der Waals surface area contributed by atoms with Crippen LogP contribution in [0.25, 0.3) is 0 Å². The molecule has 0 bridgehead atoms. The lowest BCUT2D eigenvalue weighted by atomic mass is 9.83. The second-order valence-corrected chi connectivity index (χ2v) is 7.04. The molecule has 2 rings (SSSR count). The summed E-state index contributed by atoms with van der Waals surface area (Å²) in [5, 5.41) is 3.71. The van der Waals surface area contributed by atoms with Crippen LogP contribution >= 0.6 is 0 Å². The van der Waals surface area contributed by atoms with Gasteiger partial charge in [-0.2, -0.15) is 0 Å². The van der Waals surface area contributed by atoms with E-state index < -0.39 is 0 Å². The minimum Gasteiger partial charge on any atom is -0.372 e. The molecule has 2 aliphatic rings. The summed E-state index contributed by atoms with van der Waals surface area (Å²) >= 11 is 0. The number of hydrogen-bond acceptors (Lipinski definition) is 2. The summed E-state index contributed by atoms with van der Waals surface area (Å²) in [5.41, 5.74) is 0.306. The predicted molar refractivity (Wildman–Crippen MR) is 86.1 cm³/mol. The molecule has 0 aromatic carbocycles. The third-order valence-electron chi connectivity index (χ3n) is 5.26. The molecular weight excluding hydrogens is 246 g/mol. The van der Waals surface area contributed by atoms with Crippen LogP contribution < -0.4 is 5.32 Å². The highest BCUT2D eigenvalue weighted by atomic mass is 16.5. The fourth-order valence-corrected chi connectivity index (χ4v) is 4.10. The minimum absolute atomic E-state index is 0.306. The van der Waals surface area contributed by atoms with Crippen LogP contribution in [0.2, 0.25) is 0 Å². The first-order valence-electron chi connectivity index (χ1n) is 9.19. The molecule has 0 aromatic heterocycles. The quantitative estimate of drug-likeness (QED) is 0.689. The Labute approximate surface area is 126 Å². The Balaban J connectivity index is 1.70. The lowest BCUT2D eigenvalue weighted by molar-refractivity contribution is -0.0666. The van der Waals surface area contributed by atoms with Crippen molar-refractivity contribution in [2.45, 2.75) is 109 Å². The van der Waals surface area contributed by atoms with Crippen LogP contribution in [0.3, 0.4) is 0 Å². The molecule has 2 nitrogen and oxygen atoms in total. The smallest absolute Gasteiger partial charge is 0.0687 e. The average molecular weight is 281 g/mol. The average Bonchev–Trinajstić information content (AvgIpc) is 2.85. The molecule has 118 valence electrons. The lowest BCUT2D eigenvalue weighted by Gasteiger charge is -2.33. The summed E-state index contributed by atoms with van der Waals surface area (Å²) in [6, 6.07) is 0.714. The first-order valence-corrected chi connectivity index (χ1v) is 9.19. The van der Waals surface area contributed by atoms with Crippen molar-refractivity contribution in [2.24, 2.45) is 0 Å². The van der Waals surface area contributed by atoms with Gasteiger partial charge in [0, 0.05) is 6.04 Å². The molecule has 0 radical (unpaired) electrons. The van der Waals surface area contributed by atoms with E-state index >= 15 is 0 Å². The van der Waals surface area contributed by atoms with Gasteiger partial charge < -0.3 is 10.1 Å². The number of ether oxygens (including phenoxy) is 1. The predicted octanol–water partition coefficient (Wildman–Crippen LogP) is 4.82. The molecule has 1 aliphatic heterocycles. The zero-order chi connectivity index (χ0) is 14.3. The molecule has 2 unspecified atom stereocenters. The van der Waals surface area contributed by atoms with Crippen molar-refractivity contribution < 1.29 is 4.74 Å². The van der Waals surface area contributed by atoms with Gasteiger partial charge >= 0.3 is 0 Å². The molecule has 1 heterocycles. The van der Waals surface area contributed by atoms with Crippen LogP contribution in [0, 0.1) is 0 Å². The molecule has 1 aliphatic carbocycles. The van der Waals surface area contributed by atoms with Gasteiger partial charge in [-0.3, -0.25) is 0 Å². The standard InChI is InChI=1S/C18H35NO/c1-3-8-16(19-15-4-2)9-10-17-11-14-18(20-17)12-6-5-7-13-18/h16-17,19H,3-15H2,1-2H3. The van der Waals surface area contributed by atoms with Gasteiger partial charge in [-0.05, 0) is 57.9 Å². The summed E-state index contributed by atoms with van der Waals surface area (Å²) in [5.74, 6) is 0. The first kappa shape index (κ1) is 16.3. The van der Waals surface area contributed by atoms with Crippen LogP contribution in [-0.4, -0.2) is 24.3 Å². The van der Waals surface area contributed by atoms with E-state index in [1.165, 1.54) is 83.6 Å². The molecule has 2 fully saturated rings. The maximum Gasteiger partial charge on any atom is 0.0687 e. The maximum atomic E-state index is 6.50. The molecule has 0 amide bonds. The highest BCUT2D eigenvalue weighted by molar-refractivity contribution is 4.91. The van der Waals surface area contributed by atoms with Crippen LogP contribution in [-0.2, 0) is 4.74 Å². The zero-order valence-corrected chi connectivity index (χ0v) is 13.8. The molecule has 1 saturated heterocycles. The second kappa shape index (κ2) is 8.38. The van der Waals surface area contributed by atoms with E-state index in [1.54, 1.807) is 0 Å². The SMILES string of the molecule is CCCNC(CCC)CCC1CCC2(CCCCC2)O1. The van der Waals surface area contributed by atoms with Crippen LogP contribution in [0.5, 0.6) is 0 Å². The van der Waals surface area contributed by atoms with E-state index in [1.807, 2.05) is 0 Å². The molecule has 1 N–H and O–H groups in total. The fourth-order valence-electron chi connectivity index (χ4n) is 4.10. The van der Waals surface area contributed by atoms with Gasteiger partial charge in [0.1, 0.15) is 0 Å². The molecule has 2 atom stereocenters. The van der Waals surface area contributed by atoms with Crippen LogP contribution in [0.4, 0.5) is 0 Å². The Morgan fingerprint density at radius 2 is 1.85 bits per heavy atom. The van der Waals surface area contributed by atoms with E-state index in [2.05, 4.69) is 19.2 Å². The third kappa shape index (κ3) is 4.73. The van der Waals surface area contributed by atoms with Gasteiger partial charge in [0.25, 0.3) is 0 Å². The Bertz CT molecular complexity index is 260. The summed E-state index contributed by atoms with van der Waals surface area (Å²) in [6.07, 6.45) is 16.5. The van der Waals surface area contributed by atoms with Crippen molar-refractivity contribution in [1.29, 1.82) is 0 Å². The summed E-state index contributed by atoms with van der Waals surface area (Å²) < 4.78 is 6.50. The van der Waals surface area contributed by atoms with E-state index in [0.29, 0.717) is 17.7 Å². The molecule has 2 heteroatoms. The van der Waals surface area contributed by atoms with Crippen molar-refractivity contribution in [3.05, 3.63) is 0 Å². The Morgan fingerprint density at radius 3 is 2.55 bits per heavy atom. The Kier molecular flexibility index (Phi) is 6.83. The lowest BCUT2D eigenvalue weighted by Crippen LogP contribution is -2.33. The highest BCUT2D eigenvalue weighted by Crippen LogP contribution is 2.42. The summed E-state index contributed by atoms with van der Waals surface area (Å²) in [4.78, 5) is 0. The topological polar surface area (TPSA) is 21.3 Å². The van der Waals surface area contributed by atoms with E-state index in [4.69, 9.17) is 4.74 Å². The minimum atomic E-state index is 0.306. The molecular formula is C18H35NO. The highest BCUT2D eigenvalue weighted by Gasteiger charge is 2.40. The van der Waals surface area contributed by atoms with Gasteiger partial charge in [-0.15, -0.1) is 0 Å². The Hall–Kier alpha value is -0.0800. The zero-order valence-electron chi connectivity index (χ0n) is 13.8. The summed E-state index contributed by atoms with van der Waals surface area (Å²) in [6.45, 7) is 5.72. The van der Waals surface area contributed by atoms with Crippen molar-refractivity contribution in [3.8, 4) is 0 Å². The van der Waals surface area contributed by atoms with Crippen LogP contribution in [0.15, 0.2) is 0 Å². The van der Waals surface area contributed by atoms with Gasteiger partial charge in [-0.25, -0.2) is 0 Å². The van der Waals surface area contributed by atoms with Crippen molar-refractivity contribution in [1.82, 2.24) is 5.32 Å². The van der Waals surface area contributed by atoms with Crippen molar-refractivity contribution in [2.75, 3.05) is 6.54 Å². The van der Waals surface area contributed by atoms with Gasteiger partial charge in [0.2, 0.25) is 0 Å². The van der Waals surface area contributed by atoms with Crippen LogP contribution in [0.1, 0.15) is 90.9 Å². The number of rotatable bonds is 8. The molecule has 1 saturated carbocycles. The molecule has 0 aromatic rings. The van der Waals surface area contributed by atoms with Gasteiger partial charge in [-0.1, -0.05) is 39.5 Å². The maximum absolute atomic E-state index is 6.50. The largest absolute Gasteiger partial charge is 0.372 e. The van der Waals surface area contributed by atoms with Crippen molar-refractivity contribution >= 4 is 0 Å². The second-order valence-electron chi connectivity index (χ2n) is 7.04. The molecule has 20 heavy (non-hydrogen) atoms. The Morgan fingerprint density at radius 1 is 1.05 bits per heavy atom. The van der Waals surface area contributed by atoms with Gasteiger partial charge in [0.15, 0.2) is 0 Å². The van der Waals surface area contributed by atoms with E-state index in [-0.39, 0.29) is 0 Å².